The Morgan fingerprint density at radius 2 is 2.05 bits per heavy atom. The summed E-state index contributed by atoms with van der Waals surface area (Å²) in [6, 6.07) is 10.8. The molecule has 0 aliphatic heterocycles. The van der Waals surface area contributed by atoms with Crippen LogP contribution in [0.3, 0.4) is 0 Å². The molecule has 102 valence electrons. The fraction of sp³-hybridized carbons (Fsp3) is 0.400. The van der Waals surface area contributed by atoms with Crippen molar-refractivity contribution in [1.82, 2.24) is 10.3 Å². The van der Waals surface area contributed by atoms with E-state index in [0.717, 1.165) is 18.0 Å². The average molecular weight is 275 g/mol. The van der Waals surface area contributed by atoms with E-state index in [4.69, 9.17) is 5.73 Å². The molecule has 0 aliphatic rings. The van der Waals surface area contributed by atoms with E-state index in [2.05, 4.69) is 48.4 Å². The Labute approximate surface area is 118 Å². The molecule has 0 fully saturated rings. The summed E-state index contributed by atoms with van der Waals surface area (Å²) in [6.07, 6.45) is 2.82. The molecule has 0 radical (unpaired) electrons. The second kappa shape index (κ2) is 6.80. The molecule has 1 heterocycles. The Morgan fingerprint density at radius 3 is 2.68 bits per heavy atom. The van der Waals surface area contributed by atoms with Crippen molar-refractivity contribution in [1.29, 1.82) is 0 Å². The predicted octanol–water partition coefficient (Wildman–Crippen LogP) is 2.67. The summed E-state index contributed by atoms with van der Waals surface area (Å²) < 4.78 is 0. The highest BCUT2D eigenvalue weighted by atomic mass is 32.1. The molecule has 0 aliphatic carbocycles. The SMILES string of the molecule is Cc1cnc(C(C)NCC(N)Cc2ccccc2)s1. The zero-order valence-corrected chi connectivity index (χ0v) is 12.3. The van der Waals surface area contributed by atoms with E-state index in [9.17, 15) is 0 Å². The van der Waals surface area contributed by atoms with Gasteiger partial charge in [0.25, 0.3) is 0 Å². The Morgan fingerprint density at radius 1 is 1.32 bits per heavy atom. The number of nitrogens with one attached hydrogen (secondary N) is 1. The summed E-state index contributed by atoms with van der Waals surface area (Å²) in [7, 11) is 0. The van der Waals surface area contributed by atoms with Crippen LogP contribution in [-0.4, -0.2) is 17.6 Å². The van der Waals surface area contributed by atoms with E-state index >= 15 is 0 Å². The molecule has 3 nitrogen and oxygen atoms in total. The van der Waals surface area contributed by atoms with Gasteiger partial charge in [-0.3, -0.25) is 0 Å². The van der Waals surface area contributed by atoms with Crippen molar-refractivity contribution in [3.05, 3.63) is 52.0 Å². The minimum atomic E-state index is 0.130. The zero-order chi connectivity index (χ0) is 13.7. The quantitative estimate of drug-likeness (QED) is 0.852. The van der Waals surface area contributed by atoms with E-state index in [1.54, 1.807) is 11.3 Å². The Bertz CT molecular complexity index is 495. The topological polar surface area (TPSA) is 50.9 Å². The van der Waals surface area contributed by atoms with E-state index in [0.29, 0.717) is 0 Å². The molecule has 0 spiro atoms. The molecule has 0 amide bonds. The molecule has 4 heteroatoms. The number of aromatic nitrogens is 1. The largest absolute Gasteiger partial charge is 0.326 e. The van der Waals surface area contributed by atoms with Gasteiger partial charge in [-0.2, -0.15) is 0 Å². The number of aryl methyl sites for hydroxylation is 1. The maximum absolute atomic E-state index is 6.16. The smallest absolute Gasteiger partial charge is 0.109 e. The summed E-state index contributed by atoms with van der Waals surface area (Å²) in [6.45, 7) is 5.01. The van der Waals surface area contributed by atoms with Crippen molar-refractivity contribution in [3.8, 4) is 0 Å². The van der Waals surface area contributed by atoms with Gasteiger partial charge in [0.1, 0.15) is 5.01 Å². The summed E-state index contributed by atoms with van der Waals surface area (Å²) in [5, 5.41) is 4.58. The third-order valence-electron chi connectivity index (χ3n) is 3.04. The van der Waals surface area contributed by atoms with E-state index in [-0.39, 0.29) is 12.1 Å². The van der Waals surface area contributed by atoms with Gasteiger partial charge in [-0.15, -0.1) is 11.3 Å². The molecule has 1 aromatic heterocycles. The van der Waals surface area contributed by atoms with Crippen LogP contribution in [0.2, 0.25) is 0 Å². The summed E-state index contributed by atoms with van der Waals surface area (Å²) in [5.41, 5.74) is 7.44. The van der Waals surface area contributed by atoms with Gasteiger partial charge in [0.2, 0.25) is 0 Å². The first kappa shape index (κ1) is 14.2. The first-order valence-corrected chi connectivity index (χ1v) is 7.42. The summed E-state index contributed by atoms with van der Waals surface area (Å²) in [5.74, 6) is 0. The van der Waals surface area contributed by atoms with Crippen molar-refractivity contribution in [2.24, 2.45) is 5.73 Å². The number of nitrogens with zero attached hydrogens (tertiary/aromatic N) is 1. The molecular weight excluding hydrogens is 254 g/mol. The van der Waals surface area contributed by atoms with Gasteiger partial charge in [-0.1, -0.05) is 30.3 Å². The lowest BCUT2D eigenvalue weighted by Gasteiger charge is -2.16. The highest BCUT2D eigenvalue weighted by Gasteiger charge is 2.11. The predicted molar refractivity (Wildman–Crippen MR) is 81.4 cm³/mol. The van der Waals surface area contributed by atoms with Crippen LogP contribution in [0.25, 0.3) is 0 Å². The van der Waals surface area contributed by atoms with Crippen molar-refractivity contribution in [2.75, 3.05) is 6.54 Å². The molecule has 2 rings (SSSR count). The maximum atomic E-state index is 6.16. The van der Waals surface area contributed by atoms with Gasteiger partial charge in [-0.05, 0) is 25.8 Å². The Kier molecular flexibility index (Phi) is 5.07. The van der Waals surface area contributed by atoms with E-state index < -0.39 is 0 Å². The molecule has 3 N–H and O–H groups in total. The minimum absolute atomic E-state index is 0.130. The number of benzene rings is 1. The Balaban J connectivity index is 1.79. The highest BCUT2D eigenvalue weighted by Crippen LogP contribution is 2.18. The minimum Gasteiger partial charge on any atom is -0.326 e. The Hall–Kier alpha value is -1.23. The standard InChI is InChI=1S/C15H21N3S/c1-11-9-18-15(19-11)12(2)17-10-14(16)8-13-6-4-3-5-7-13/h3-7,9,12,14,17H,8,10,16H2,1-2H3. The van der Waals surface area contributed by atoms with E-state index in [1.165, 1.54) is 10.4 Å². The van der Waals surface area contributed by atoms with Crippen LogP contribution in [0, 0.1) is 6.92 Å². The van der Waals surface area contributed by atoms with Crippen molar-refractivity contribution in [3.63, 3.8) is 0 Å². The molecule has 0 saturated heterocycles. The highest BCUT2D eigenvalue weighted by molar-refractivity contribution is 7.11. The van der Waals surface area contributed by atoms with Gasteiger partial charge in [-0.25, -0.2) is 4.98 Å². The zero-order valence-electron chi connectivity index (χ0n) is 11.5. The van der Waals surface area contributed by atoms with Crippen molar-refractivity contribution in [2.45, 2.75) is 32.4 Å². The maximum Gasteiger partial charge on any atom is 0.109 e. The second-order valence-electron chi connectivity index (χ2n) is 4.89. The third-order valence-corrected chi connectivity index (χ3v) is 4.13. The van der Waals surface area contributed by atoms with Crippen molar-refractivity contribution < 1.29 is 0 Å². The average Bonchev–Trinajstić information content (AvgIpc) is 2.84. The molecular formula is C15H21N3S. The number of thiazole rings is 1. The molecule has 19 heavy (non-hydrogen) atoms. The molecule has 2 atom stereocenters. The summed E-state index contributed by atoms with van der Waals surface area (Å²) in [4.78, 5) is 5.64. The first-order chi connectivity index (χ1) is 9.15. The first-order valence-electron chi connectivity index (χ1n) is 6.60. The normalized spacial score (nSPS) is 14.3. The van der Waals surface area contributed by atoms with Gasteiger partial charge in [0.05, 0.1) is 6.04 Å². The lowest BCUT2D eigenvalue weighted by Crippen LogP contribution is -2.36. The van der Waals surface area contributed by atoms with Crippen LogP contribution >= 0.6 is 11.3 Å². The lowest BCUT2D eigenvalue weighted by atomic mass is 10.1. The van der Waals surface area contributed by atoms with Crippen LogP contribution in [0.1, 0.15) is 28.4 Å². The molecule has 0 bridgehead atoms. The fourth-order valence-electron chi connectivity index (χ4n) is 1.98. The van der Waals surface area contributed by atoms with Crippen LogP contribution < -0.4 is 11.1 Å². The van der Waals surface area contributed by atoms with E-state index in [1.807, 2.05) is 12.3 Å². The fourth-order valence-corrected chi connectivity index (χ4v) is 2.78. The van der Waals surface area contributed by atoms with Crippen LogP contribution in [0.5, 0.6) is 0 Å². The molecule has 1 aromatic carbocycles. The van der Waals surface area contributed by atoms with Gasteiger partial charge in [0.15, 0.2) is 0 Å². The third kappa shape index (κ3) is 4.42. The molecule has 0 saturated carbocycles. The van der Waals surface area contributed by atoms with Crippen LogP contribution in [0.15, 0.2) is 36.5 Å². The van der Waals surface area contributed by atoms with Gasteiger partial charge in [0, 0.05) is 23.7 Å². The number of rotatable bonds is 6. The second-order valence-corrected chi connectivity index (χ2v) is 6.16. The van der Waals surface area contributed by atoms with Crippen molar-refractivity contribution >= 4 is 11.3 Å². The van der Waals surface area contributed by atoms with Gasteiger partial charge >= 0.3 is 0 Å². The van der Waals surface area contributed by atoms with Crippen LogP contribution in [-0.2, 0) is 6.42 Å². The summed E-state index contributed by atoms with van der Waals surface area (Å²) >= 11 is 1.74. The molecule has 2 aromatic rings. The number of nitrogens with two attached hydrogens (primary N) is 1. The number of hydrogen-bond donors (Lipinski definition) is 2. The number of hydrogen-bond acceptors (Lipinski definition) is 4. The lowest BCUT2D eigenvalue weighted by molar-refractivity contribution is 0.512. The van der Waals surface area contributed by atoms with Crippen LogP contribution in [0.4, 0.5) is 0 Å². The molecule has 2 unspecified atom stereocenters. The monoisotopic (exact) mass is 275 g/mol. The van der Waals surface area contributed by atoms with Gasteiger partial charge < -0.3 is 11.1 Å².